The van der Waals surface area contributed by atoms with E-state index in [9.17, 15) is 9.59 Å². The summed E-state index contributed by atoms with van der Waals surface area (Å²) >= 11 is 0. The number of amides is 3. The number of anilines is 3. The number of rotatable bonds is 3. The molecule has 8 heteroatoms. The number of hydrogen-bond acceptors (Lipinski definition) is 5. The average molecular weight is 395 g/mol. The lowest BCUT2D eigenvalue weighted by Gasteiger charge is -2.12. The molecule has 0 aliphatic carbocycles. The highest BCUT2D eigenvalue weighted by Gasteiger charge is 2.26. The summed E-state index contributed by atoms with van der Waals surface area (Å²) in [5.74, 6) is 0.910. The fourth-order valence-electron chi connectivity index (χ4n) is 3.46. The third kappa shape index (κ3) is 4.17. The van der Waals surface area contributed by atoms with Crippen molar-refractivity contribution in [1.29, 1.82) is 0 Å². The largest absolute Gasteiger partial charge is 0.359 e. The Balaban J connectivity index is 1.44. The molecule has 4 rings (SSSR count). The van der Waals surface area contributed by atoms with Crippen LogP contribution in [-0.2, 0) is 10.2 Å². The molecule has 0 spiro atoms. The van der Waals surface area contributed by atoms with E-state index in [4.69, 9.17) is 4.52 Å². The Bertz CT molecular complexity index is 980. The number of fused-ring (bicyclic) bond motifs is 1. The number of aromatic nitrogens is 1. The maximum Gasteiger partial charge on any atom is 0.324 e. The Labute approximate surface area is 169 Å². The summed E-state index contributed by atoms with van der Waals surface area (Å²) in [5, 5.41) is 15.5. The highest BCUT2D eigenvalue weighted by Crippen LogP contribution is 2.34. The monoisotopic (exact) mass is 395 g/mol. The topological polar surface area (TPSA) is 108 Å². The predicted molar refractivity (Wildman–Crippen MR) is 112 cm³/mol. The summed E-state index contributed by atoms with van der Waals surface area (Å²) in [6.07, 6.45) is 4.14. The van der Waals surface area contributed by atoms with Gasteiger partial charge in [-0.05, 0) is 31.5 Å². The quantitative estimate of drug-likeness (QED) is 0.593. The first-order valence-electron chi connectivity index (χ1n) is 9.76. The second kappa shape index (κ2) is 7.36. The van der Waals surface area contributed by atoms with Crippen LogP contribution in [0.1, 0.15) is 44.9 Å². The molecule has 1 saturated heterocycles. The Morgan fingerprint density at radius 2 is 2.10 bits per heavy atom. The molecule has 1 fully saturated rings. The maximum absolute atomic E-state index is 12.4. The van der Waals surface area contributed by atoms with Crippen molar-refractivity contribution in [2.45, 2.75) is 45.1 Å². The van der Waals surface area contributed by atoms with Crippen LogP contribution >= 0.6 is 0 Å². The number of urea groups is 1. The molecule has 2 aliphatic heterocycles. The van der Waals surface area contributed by atoms with Crippen molar-refractivity contribution >= 4 is 34.7 Å². The molecule has 152 valence electrons. The average Bonchev–Trinajstić information content (AvgIpc) is 3.36. The first-order chi connectivity index (χ1) is 13.8. The van der Waals surface area contributed by atoms with Crippen LogP contribution in [0.5, 0.6) is 0 Å². The lowest BCUT2D eigenvalue weighted by Crippen LogP contribution is -2.19. The number of hydrogen-bond donors (Lipinski definition) is 4. The van der Waals surface area contributed by atoms with Gasteiger partial charge in [0.25, 0.3) is 5.91 Å². The van der Waals surface area contributed by atoms with E-state index >= 15 is 0 Å². The van der Waals surface area contributed by atoms with Crippen LogP contribution < -0.4 is 21.3 Å². The second-order valence-electron chi connectivity index (χ2n) is 8.40. The molecule has 0 bridgehead atoms. The summed E-state index contributed by atoms with van der Waals surface area (Å²) < 4.78 is 5.27. The molecule has 3 amide bonds. The molecule has 8 nitrogen and oxygen atoms in total. The lowest BCUT2D eigenvalue weighted by atomic mass is 9.93. The van der Waals surface area contributed by atoms with Crippen LogP contribution in [0.25, 0.3) is 5.57 Å². The molecule has 0 saturated carbocycles. The molecular formula is C21H25N5O3. The van der Waals surface area contributed by atoms with Crippen LogP contribution in [0.4, 0.5) is 22.0 Å². The number of nitrogens with one attached hydrogen (secondary N) is 4. The van der Waals surface area contributed by atoms with Gasteiger partial charge in [-0.15, -0.1) is 0 Å². The van der Waals surface area contributed by atoms with Crippen LogP contribution in [0, 0.1) is 0 Å². The Kier molecular flexibility index (Phi) is 4.87. The van der Waals surface area contributed by atoms with Crippen molar-refractivity contribution in [1.82, 2.24) is 10.5 Å². The van der Waals surface area contributed by atoms with E-state index in [2.05, 4.69) is 26.4 Å². The van der Waals surface area contributed by atoms with Crippen molar-refractivity contribution in [3.8, 4) is 0 Å². The minimum Gasteiger partial charge on any atom is -0.359 e. The summed E-state index contributed by atoms with van der Waals surface area (Å²) in [6, 6.07) is 6.87. The van der Waals surface area contributed by atoms with Crippen molar-refractivity contribution in [3.05, 3.63) is 41.7 Å². The number of benzene rings is 1. The van der Waals surface area contributed by atoms with E-state index in [1.807, 2.05) is 32.9 Å². The molecule has 2 aromatic rings. The zero-order valence-electron chi connectivity index (χ0n) is 16.8. The Morgan fingerprint density at radius 3 is 2.79 bits per heavy atom. The Morgan fingerprint density at radius 1 is 1.28 bits per heavy atom. The Hall–Kier alpha value is -3.13. The van der Waals surface area contributed by atoms with E-state index in [1.54, 1.807) is 18.2 Å². The van der Waals surface area contributed by atoms with Gasteiger partial charge in [-0.25, -0.2) is 4.79 Å². The molecule has 0 radical (unpaired) electrons. The van der Waals surface area contributed by atoms with Gasteiger partial charge in [-0.3, -0.25) is 10.1 Å². The van der Waals surface area contributed by atoms with Crippen LogP contribution in [-0.4, -0.2) is 29.7 Å². The van der Waals surface area contributed by atoms with Gasteiger partial charge in [0.05, 0.1) is 5.69 Å². The highest BCUT2D eigenvalue weighted by atomic mass is 16.5. The minimum atomic E-state index is -0.436. The molecule has 1 atom stereocenters. The maximum atomic E-state index is 12.4. The normalized spacial score (nSPS) is 19.9. The number of carbonyl (C=O) groups is 2. The van der Waals surface area contributed by atoms with E-state index in [0.717, 1.165) is 24.9 Å². The van der Waals surface area contributed by atoms with Gasteiger partial charge in [-0.1, -0.05) is 38.1 Å². The van der Waals surface area contributed by atoms with E-state index < -0.39 is 6.03 Å². The summed E-state index contributed by atoms with van der Waals surface area (Å²) in [5.41, 5.74) is 2.59. The van der Waals surface area contributed by atoms with Crippen LogP contribution in [0.2, 0.25) is 0 Å². The van der Waals surface area contributed by atoms with Gasteiger partial charge >= 0.3 is 6.03 Å². The van der Waals surface area contributed by atoms with Gasteiger partial charge in [0.1, 0.15) is 5.76 Å². The van der Waals surface area contributed by atoms with E-state index in [-0.39, 0.29) is 17.4 Å². The third-order valence-electron chi connectivity index (χ3n) is 5.02. The van der Waals surface area contributed by atoms with E-state index in [1.165, 1.54) is 0 Å². The zero-order valence-corrected chi connectivity index (χ0v) is 16.8. The summed E-state index contributed by atoms with van der Waals surface area (Å²) in [6.45, 7) is 6.98. The van der Waals surface area contributed by atoms with Crippen molar-refractivity contribution in [3.63, 3.8) is 0 Å². The van der Waals surface area contributed by atoms with Gasteiger partial charge in [0.15, 0.2) is 5.82 Å². The fraction of sp³-hybridized carbons (Fsp3) is 0.381. The molecule has 1 aromatic carbocycles. The van der Waals surface area contributed by atoms with Gasteiger partial charge in [0, 0.05) is 34.3 Å². The van der Waals surface area contributed by atoms with Crippen LogP contribution in [0.3, 0.4) is 0 Å². The van der Waals surface area contributed by atoms with Gasteiger partial charge in [0.2, 0.25) is 0 Å². The van der Waals surface area contributed by atoms with Crippen molar-refractivity contribution < 1.29 is 14.1 Å². The minimum absolute atomic E-state index is 0.118. The molecule has 3 heterocycles. The standard InChI is InChI=1S/C21H25N5O3/c1-21(2,3)17-11-18(26-29-17)25-20(28)23-13-6-7-14-15(9-12-5-4-8-22-12)19(27)24-16(14)10-13/h6-7,9-12,22H,4-5,8H2,1-3H3,(H,24,27)(H2,23,25,26,28)/b15-9-. The second-order valence-corrected chi connectivity index (χ2v) is 8.40. The predicted octanol–water partition coefficient (Wildman–Crippen LogP) is 3.70. The fourth-order valence-corrected chi connectivity index (χ4v) is 3.46. The molecule has 1 unspecified atom stereocenters. The van der Waals surface area contributed by atoms with Crippen molar-refractivity contribution in [2.75, 3.05) is 22.5 Å². The number of nitrogens with zero attached hydrogens (tertiary/aromatic N) is 1. The van der Waals surface area contributed by atoms with Gasteiger partial charge in [-0.2, -0.15) is 0 Å². The first kappa shape index (κ1) is 19.2. The third-order valence-corrected chi connectivity index (χ3v) is 5.02. The molecule has 2 aliphatic rings. The molecule has 4 N–H and O–H groups in total. The summed E-state index contributed by atoms with van der Waals surface area (Å²) in [7, 11) is 0. The molecule has 29 heavy (non-hydrogen) atoms. The van der Waals surface area contributed by atoms with Crippen LogP contribution in [0.15, 0.2) is 34.9 Å². The van der Waals surface area contributed by atoms with Crippen molar-refractivity contribution in [2.24, 2.45) is 0 Å². The molecular weight excluding hydrogens is 370 g/mol. The van der Waals surface area contributed by atoms with E-state index in [0.29, 0.717) is 28.5 Å². The number of carbonyl (C=O) groups excluding carboxylic acids is 2. The SMILES string of the molecule is CC(C)(C)c1cc(NC(=O)Nc2ccc3c(c2)NC(=O)/C3=C\C2CCCN2)no1. The van der Waals surface area contributed by atoms with Gasteiger partial charge < -0.3 is 20.5 Å². The first-order valence-corrected chi connectivity index (χ1v) is 9.76. The lowest BCUT2D eigenvalue weighted by molar-refractivity contribution is -0.110. The smallest absolute Gasteiger partial charge is 0.324 e. The highest BCUT2D eigenvalue weighted by molar-refractivity contribution is 6.31. The summed E-state index contributed by atoms with van der Waals surface area (Å²) in [4.78, 5) is 24.6. The molecule has 1 aromatic heterocycles. The zero-order chi connectivity index (χ0) is 20.6.